The largest absolute Gasteiger partial charge is 0.355 e. The highest BCUT2D eigenvalue weighted by atomic mass is 16.5. The highest BCUT2D eigenvalue weighted by Gasteiger charge is 2.15. The molecule has 4 aromatic rings. The fraction of sp³-hybridized carbons (Fsp3) is 0.167. The molecule has 0 saturated carbocycles. The third kappa shape index (κ3) is 4.16. The summed E-state index contributed by atoms with van der Waals surface area (Å²) in [6.45, 7) is 2.08. The number of carbonyl (C=O) groups excluding carboxylic acids is 1. The summed E-state index contributed by atoms with van der Waals surface area (Å²) in [5.41, 5.74) is 3.50. The van der Waals surface area contributed by atoms with Crippen molar-refractivity contribution in [3.05, 3.63) is 78.5 Å². The normalized spacial score (nSPS) is 13.4. The number of benzene rings is 2. The van der Waals surface area contributed by atoms with Gasteiger partial charge in [0.15, 0.2) is 17.3 Å². The summed E-state index contributed by atoms with van der Waals surface area (Å²) in [6.07, 6.45) is 2.41. The molecule has 1 aliphatic heterocycles. The number of aromatic nitrogens is 3. The summed E-state index contributed by atoms with van der Waals surface area (Å²) < 4.78 is 5.30. The van der Waals surface area contributed by atoms with Crippen molar-refractivity contribution in [3.8, 4) is 22.6 Å². The van der Waals surface area contributed by atoms with E-state index in [1.54, 1.807) is 6.07 Å². The summed E-state index contributed by atoms with van der Waals surface area (Å²) >= 11 is 0. The third-order valence-corrected chi connectivity index (χ3v) is 5.32. The van der Waals surface area contributed by atoms with Crippen LogP contribution in [0.1, 0.15) is 23.3 Å². The van der Waals surface area contributed by atoms with Gasteiger partial charge in [0.1, 0.15) is 0 Å². The molecule has 0 unspecified atom stereocenters. The predicted octanol–water partition coefficient (Wildman–Crippen LogP) is 4.65. The Bertz CT molecular complexity index is 1160. The van der Waals surface area contributed by atoms with Crippen LogP contribution in [0.15, 0.2) is 77.3 Å². The van der Waals surface area contributed by atoms with Crippen LogP contribution in [0.4, 0.5) is 11.5 Å². The molecule has 2 aromatic heterocycles. The van der Waals surface area contributed by atoms with Crippen LogP contribution < -0.4 is 10.2 Å². The van der Waals surface area contributed by atoms with Gasteiger partial charge in [-0.1, -0.05) is 47.6 Å². The first-order chi connectivity index (χ1) is 15.3. The minimum absolute atomic E-state index is 0.228. The second kappa shape index (κ2) is 8.39. The molecule has 1 saturated heterocycles. The number of hydrogen-bond acceptors (Lipinski definition) is 6. The number of amides is 1. The quantitative estimate of drug-likeness (QED) is 0.515. The van der Waals surface area contributed by atoms with Gasteiger partial charge in [0, 0.05) is 36.0 Å². The summed E-state index contributed by atoms with van der Waals surface area (Å²) in [6, 6.07) is 22.7. The number of nitrogens with zero attached hydrogens (tertiary/aromatic N) is 4. The predicted molar refractivity (Wildman–Crippen MR) is 119 cm³/mol. The number of anilines is 2. The van der Waals surface area contributed by atoms with Crippen molar-refractivity contribution in [2.75, 3.05) is 23.3 Å². The molecule has 0 spiro atoms. The van der Waals surface area contributed by atoms with Gasteiger partial charge in [-0.3, -0.25) is 4.79 Å². The van der Waals surface area contributed by atoms with Gasteiger partial charge in [-0.2, -0.15) is 0 Å². The maximum Gasteiger partial charge on any atom is 0.277 e. The van der Waals surface area contributed by atoms with E-state index in [2.05, 4.69) is 25.6 Å². The maximum absolute atomic E-state index is 12.5. The first-order valence-electron chi connectivity index (χ1n) is 10.3. The Kier molecular flexibility index (Phi) is 5.14. The lowest BCUT2D eigenvalue weighted by Gasteiger charge is -2.15. The molecule has 0 aliphatic carbocycles. The number of nitrogens with one attached hydrogen (secondary N) is 1. The fourth-order valence-corrected chi connectivity index (χ4v) is 3.63. The highest BCUT2D eigenvalue weighted by molar-refractivity contribution is 6.03. The number of carbonyl (C=O) groups is 1. The Morgan fingerprint density at radius 3 is 2.35 bits per heavy atom. The Balaban J connectivity index is 1.25. The Labute approximate surface area is 179 Å². The molecular weight excluding hydrogens is 390 g/mol. The molecule has 1 N–H and O–H groups in total. The molecule has 0 radical (unpaired) electrons. The van der Waals surface area contributed by atoms with Crippen LogP contribution in [0.25, 0.3) is 22.6 Å². The topological polar surface area (TPSA) is 84.2 Å². The van der Waals surface area contributed by atoms with E-state index in [4.69, 9.17) is 4.52 Å². The molecule has 31 heavy (non-hydrogen) atoms. The van der Waals surface area contributed by atoms with Gasteiger partial charge < -0.3 is 14.7 Å². The second-order valence-corrected chi connectivity index (χ2v) is 7.44. The number of hydrogen-bond donors (Lipinski definition) is 1. The molecule has 0 atom stereocenters. The lowest BCUT2D eigenvalue weighted by molar-refractivity contribution is 0.101. The molecule has 5 rings (SSSR count). The van der Waals surface area contributed by atoms with Crippen molar-refractivity contribution >= 4 is 17.4 Å². The van der Waals surface area contributed by atoms with E-state index in [-0.39, 0.29) is 11.6 Å². The van der Waals surface area contributed by atoms with E-state index in [0.29, 0.717) is 11.4 Å². The minimum atomic E-state index is -0.326. The summed E-state index contributed by atoms with van der Waals surface area (Å²) in [4.78, 5) is 14.8. The molecular formula is C24H21N5O2. The van der Waals surface area contributed by atoms with Crippen molar-refractivity contribution in [1.82, 2.24) is 15.4 Å². The van der Waals surface area contributed by atoms with E-state index >= 15 is 0 Å². The SMILES string of the molecule is O=C(Nc1ccc(-c2ccc(N3CCCC3)nn2)cc1)c1cc(-c2ccccc2)on1. The third-order valence-electron chi connectivity index (χ3n) is 5.32. The van der Waals surface area contributed by atoms with Crippen LogP contribution >= 0.6 is 0 Å². The molecule has 1 fully saturated rings. The first-order valence-corrected chi connectivity index (χ1v) is 10.3. The van der Waals surface area contributed by atoms with Crippen molar-refractivity contribution in [2.24, 2.45) is 0 Å². The Hall–Kier alpha value is -4.00. The zero-order valence-electron chi connectivity index (χ0n) is 16.9. The van der Waals surface area contributed by atoms with Crippen molar-refractivity contribution in [2.45, 2.75) is 12.8 Å². The Morgan fingerprint density at radius 2 is 1.65 bits per heavy atom. The maximum atomic E-state index is 12.5. The van der Waals surface area contributed by atoms with Crippen LogP contribution in [-0.2, 0) is 0 Å². The lowest BCUT2D eigenvalue weighted by atomic mass is 10.1. The van der Waals surface area contributed by atoms with Gasteiger partial charge in [0.25, 0.3) is 5.91 Å². The zero-order valence-corrected chi connectivity index (χ0v) is 16.9. The van der Waals surface area contributed by atoms with Gasteiger partial charge in [0.05, 0.1) is 5.69 Å². The van der Waals surface area contributed by atoms with Gasteiger partial charge in [0.2, 0.25) is 0 Å². The van der Waals surface area contributed by atoms with Gasteiger partial charge >= 0.3 is 0 Å². The van der Waals surface area contributed by atoms with Gasteiger partial charge in [-0.15, -0.1) is 10.2 Å². The summed E-state index contributed by atoms with van der Waals surface area (Å²) in [5.74, 6) is 1.15. The molecule has 7 heteroatoms. The van der Waals surface area contributed by atoms with Crippen molar-refractivity contribution in [1.29, 1.82) is 0 Å². The average molecular weight is 411 g/mol. The molecule has 1 aliphatic rings. The van der Waals surface area contributed by atoms with Gasteiger partial charge in [-0.25, -0.2) is 0 Å². The van der Waals surface area contributed by atoms with E-state index in [1.807, 2.05) is 66.7 Å². The van der Waals surface area contributed by atoms with E-state index in [1.165, 1.54) is 12.8 Å². The van der Waals surface area contributed by atoms with Crippen LogP contribution in [0.5, 0.6) is 0 Å². The highest BCUT2D eigenvalue weighted by Crippen LogP contribution is 2.23. The van der Waals surface area contributed by atoms with Crippen LogP contribution in [0.3, 0.4) is 0 Å². The van der Waals surface area contributed by atoms with Crippen LogP contribution in [0.2, 0.25) is 0 Å². The number of rotatable bonds is 5. The molecule has 3 heterocycles. The standard InChI is InChI=1S/C24H21N5O2/c30-24(21-16-22(31-28-21)18-6-2-1-3-7-18)25-19-10-8-17(9-11-19)20-12-13-23(27-26-20)29-14-4-5-15-29/h1-3,6-13,16H,4-5,14-15H2,(H,25,30). The van der Waals surface area contributed by atoms with Gasteiger partial charge in [-0.05, 0) is 37.1 Å². The van der Waals surface area contributed by atoms with E-state index in [0.717, 1.165) is 35.7 Å². The summed E-state index contributed by atoms with van der Waals surface area (Å²) in [7, 11) is 0. The van der Waals surface area contributed by atoms with Crippen molar-refractivity contribution < 1.29 is 9.32 Å². The molecule has 0 bridgehead atoms. The molecule has 1 amide bonds. The smallest absolute Gasteiger partial charge is 0.277 e. The van der Waals surface area contributed by atoms with E-state index < -0.39 is 0 Å². The lowest BCUT2D eigenvalue weighted by Crippen LogP contribution is -2.19. The minimum Gasteiger partial charge on any atom is -0.355 e. The average Bonchev–Trinajstić information content (AvgIpc) is 3.53. The zero-order chi connectivity index (χ0) is 21.0. The van der Waals surface area contributed by atoms with Crippen LogP contribution in [-0.4, -0.2) is 34.4 Å². The van der Waals surface area contributed by atoms with Crippen molar-refractivity contribution in [3.63, 3.8) is 0 Å². The fourth-order valence-electron chi connectivity index (χ4n) is 3.63. The molecule has 154 valence electrons. The summed E-state index contributed by atoms with van der Waals surface area (Å²) in [5, 5.41) is 15.5. The first kappa shape index (κ1) is 19.0. The molecule has 2 aromatic carbocycles. The van der Waals surface area contributed by atoms with E-state index in [9.17, 15) is 4.79 Å². The van der Waals surface area contributed by atoms with Crippen LogP contribution in [0, 0.1) is 0 Å². The Morgan fingerprint density at radius 1 is 0.871 bits per heavy atom. The molecule has 7 nitrogen and oxygen atoms in total. The monoisotopic (exact) mass is 411 g/mol. The second-order valence-electron chi connectivity index (χ2n) is 7.44.